The molecule has 0 amide bonds. The van der Waals surface area contributed by atoms with Gasteiger partial charge in [-0.05, 0) is 32.8 Å². The predicted octanol–water partition coefficient (Wildman–Crippen LogP) is 2.59. The smallest absolute Gasteiger partial charge is 0.0543 e. The van der Waals surface area contributed by atoms with Crippen molar-refractivity contribution >= 4 is 0 Å². The normalized spacial score (nSPS) is 12.0. The SMILES string of the molecule is CCCc1cnn(C(C)(C)C)c1. The minimum atomic E-state index is 0.117. The second-order valence-corrected chi connectivity index (χ2v) is 4.21. The Balaban J connectivity index is 2.77. The van der Waals surface area contributed by atoms with Gasteiger partial charge in [0.25, 0.3) is 0 Å². The van der Waals surface area contributed by atoms with Crippen molar-refractivity contribution in [3.05, 3.63) is 18.0 Å². The molecule has 68 valence electrons. The average molecular weight is 166 g/mol. The molecule has 12 heavy (non-hydrogen) atoms. The van der Waals surface area contributed by atoms with Gasteiger partial charge in [-0.3, -0.25) is 4.68 Å². The molecule has 0 aromatic carbocycles. The minimum Gasteiger partial charge on any atom is -0.267 e. The molecular weight excluding hydrogens is 148 g/mol. The maximum absolute atomic E-state index is 4.32. The molecule has 0 aliphatic carbocycles. The zero-order valence-corrected chi connectivity index (χ0v) is 8.46. The standard InChI is InChI=1S/C10H18N2/c1-5-6-9-7-11-12(8-9)10(2,3)4/h7-8H,5-6H2,1-4H3. The first-order valence-electron chi connectivity index (χ1n) is 4.58. The van der Waals surface area contributed by atoms with Gasteiger partial charge in [-0.25, -0.2) is 0 Å². The van der Waals surface area contributed by atoms with Gasteiger partial charge in [0.15, 0.2) is 0 Å². The van der Waals surface area contributed by atoms with E-state index in [1.807, 2.05) is 10.9 Å². The van der Waals surface area contributed by atoms with Crippen molar-refractivity contribution in [3.63, 3.8) is 0 Å². The van der Waals surface area contributed by atoms with Crippen LogP contribution < -0.4 is 0 Å². The van der Waals surface area contributed by atoms with Crippen molar-refractivity contribution in [3.8, 4) is 0 Å². The van der Waals surface area contributed by atoms with Crippen molar-refractivity contribution in [2.45, 2.75) is 46.1 Å². The third kappa shape index (κ3) is 2.10. The Hall–Kier alpha value is -0.790. The van der Waals surface area contributed by atoms with Gasteiger partial charge in [-0.1, -0.05) is 13.3 Å². The van der Waals surface area contributed by atoms with Crippen LogP contribution >= 0.6 is 0 Å². The molecule has 0 bridgehead atoms. The minimum absolute atomic E-state index is 0.117. The summed E-state index contributed by atoms with van der Waals surface area (Å²) in [4.78, 5) is 0. The Morgan fingerprint density at radius 1 is 1.42 bits per heavy atom. The molecule has 1 heterocycles. The predicted molar refractivity (Wildman–Crippen MR) is 51.2 cm³/mol. The van der Waals surface area contributed by atoms with E-state index in [1.165, 1.54) is 12.0 Å². The van der Waals surface area contributed by atoms with E-state index in [1.54, 1.807) is 0 Å². The summed E-state index contributed by atoms with van der Waals surface area (Å²) in [7, 11) is 0. The molecule has 0 fully saturated rings. The second-order valence-electron chi connectivity index (χ2n) is 4.21. The molecule has 2 nitrogen and oxygen atoms in total. The molecule has 0 spiro atoms. The van der Waals surface area contributed by atoms with Crippen molar-refractivity contribution in [1.82, 2.24) is 9.78 Å². The second kappa shape index (κ2) is 3.30. The number of hydrogen-bond donors (Lipinski definition) is 0. The topological polar surface area (TPSA) is 17.8 Å². The largest absolute Gasteiger partial charge is 0.267 e. The van der Waals surface area contributed by atoms with E-state index < -0.39 is 0 Å². The summed E-state index contributed by atoms with van der Waals surface area (Å²) in [6, 6.07) is 0. The Kier molecular flexibility index (Phi) is 2.55. The van der Waals surface area contributed by atoms with Gasteiger partial charge in [0.05, 0.1) is 11.7 Å². The first-order valence-corrected chi connectivity index (χ1v) is 4.58. The summed E-state index contributed by atoms with van der Waals surface area (Å²) in [6.45, 7) is 8.68. The molecular formula is C10H18N2. The molecule has 0 aliphatic heterocycles. The fraction of sp³-hybridized carbons (Fsp3) is 0.700. The molecule has 0 N–H and O–H groups in total. The van der Waals surface area contributed by atoms with Crippen molar-refractivity contribution in [1.29, 1.82) is 0 Å². The van der Waals surface area contributed by atoms with Crippen LogP contribution in [-0.4, -0.2) is 9.78 Å². The Morgan fingerprint density at radius 2 is 2.08 bits per heavy atom. The van der Waals surface area contributed by atoms with E-state index in [0.29, 0.717) is 0 Å². The summed E-state index contributed by atoms with van der Waals surface area (Å²) in [6.07, 6.45) is 6.43. The summed E-state index contributed by atoms with van der Waals surface area (Å²) in [5.41, 5.74) is 1.46. The van der Waals surface area contributed by atoms with E-state index in [9.17, 15) is 0 Å². The zero-order chi connectivity index (χ0) is 9.19. The first-order chi connectivity index (χ1) is 5.54. The van der Waals surface area contributed by atoms with E-state index in [-0.39, 0.29) is 5.54 Å². The number of rotatable bonds is 2. The lowest BCUT2D eigenvalue weighted by molar-refractivity contribution is 0.355. The van der Waals surface area contributed by atoms with Gasteiger partial charge < -0.3 is 0 Å². The van der Waals surface area contributed by atoms with Gasteiger partial charge >= 0.3 is 0 Å². The van der Waals surface area contributed by atoms with Gasteiger partial charge in [0.1, 0.15) is 0 Å². The van der Waals surface area contributed by atoms with E-state index in [4.69, 9.17) is 0 Å². The summed E-state index contributed by atoms with van der Waals surface area (Å²) >= 11 is 0. The highest BCUT2D eigenvalue weighted by atomic mass is 15.3. The van der Waals surface area contributed by atoms with E-state index in [0.717, 1.165) is 6.42 Å². The van der Waals surface area contributed by atoms with Crippen LogP contribution in [0, 0.1) is 0 Å². The highest BCUT2D eigenvalue weighted by Gasteiger charge is 2.13. The summed E-state index contributed by atoms with van der Waals surface area (Å²) < 4.78 is 2.03. The molecule has 0 aliphatic rings. The molecule has 1 aromatic heterocycles. The monoisotopic (exact) mass is 166 g/mol. The van der Waals surface area contributed by atoms with Crippen LogP contribution in [0.1, 0.15) is 39.7 Å². The van der Waals surface area contributed by atoms with Gasteiger partial charge in [0, 0.05) is 6.20 Å². The fourth-order valence-corrected chi connectivity index (χ4v) is 1.14. The molecule has 1 aromatic rings. The van der Waals surface area contributed by atoms with Crippen LogP contribution in [-0.2, 0) is 12.0 Å². The van der Waals surface area contributed by atoms with Gasteiger partial charge in [-0.15, -0.1) is 0 Å². The molecule has 0 saturated heterocycles. The van der Waals surface area contributed by atoms with E-state index >= 15 is 0 Å². The van der Waals surface area contributed by atoms with E-state index in [2.05, 4.69) is 39.0 Å². The van der Waals surface area contributed by atoms with Crippen molar-refractivity contribution in [2.24, 2.45) is 0 Å². The Labute approximate surface area is 74.6 Å². The molecule has 1 rings (SSSR count). The average Bonchev–Trinajstić information content (AvgIpc) is 2.35. The highest BCUT2D eigenvalue weighted by molar-refractivity contribution is 5.04. The third-order valence-electron chi connectivity index (χ3n) is 1.86. The van der Waals surface area contributed by atoms with Crippen LogP contribution in [0.5, 0.6) is 0 Å². The molecule has 0 saturated carbocycles. The van der Waals surface area contributed by atoms with Crippen molar-refractivity contribution in [2.75, 3.05) is 0 Å². The number of aromatic nitrogens is 2. The maximum Gasteiger partial charge on any atom is 0.0543 e. The molecule has 0 atom stereocenters. The maximum atomic E-state index is 4.32. The zero-order valence-electron chi connectivity index (χ0n) is 8.46. The number of hydrogen-bond acceptors (Lipinski definition) is 1. The quantitative estimate of drug-likeness (QED) is 0.660. The first kappa shape index (κ1) is 9.30. The van der Waals surface area contributed by atoms with Crippen LogP contribution in [0.25, 0.3) is 0 Å². The summed E-state index contributed by atoms with van der Waals surface area (Å²) in [5, 5.41) is 4.32. The fourth-order valence-electron chi connectivity index (χ4n) is 1.14. The lowest BCUT2D eigenvalue weighted by Crippen LogP contribution is -2.21. The van der Waals surface area contributed by atoms with Crippen LogP contribution in [0.3, 0.4) is 0 Å². The third-order valence-corrected chi connectivity index (χ3v) is 1.86. The van der Waals surface area contributed by atoms with Crippen LogP contribution in [0.15, 0.2) is 12.4 Å². The molecule has 0 unspecified atom stereocenters. The van der Waals surface area contributed by atoms with Crippen molar-refractivity contribution < 1.29 is 0 Å². The highest BCUT2D eigenvalue weighted by Crippen LogP contribution is 2.13. The van der Waals surface area contributed by atoms with Gasteiger partial charge in [-0.2, -0.15) is 5.10 Å². The van der Waals surface area contributed by atoms with Crippen LogP contribution in [0.4, 0.5) is 0 Å². The van der Waals surface area contributed by atoms with Crippen LogP contribution in [0.2, 0.25) is 0 Å². The molecule has 0 radical (unpaired) electrons. The summed E-state index contributed by atoms with van der Waals surface area (Å²) in [5.74, 6) is 0. The Bertz CT molecular complexity index is 243. The lowest BCUT2D eigenvalue weighted by Gasteiger charge is -2.18. The number of aryl methyl sites for hydroxylation is 1. The molecule has 2 heteroatoms. The number of nitrogens with zero attached hydrogens (tertiary/aromatic N) is 2. The Morgan fingerprint density at radius 3 is 2.50 bits per heavy atom. The lowest BCUT2D eigenvalue weighted by atomic mass is 10.1. The van der Waals surface area contributed by atoms with Gasteiger partial charge in [0.2, 0.25) is 0 Å².